The van der Waals surface area contributed by atoms with Gasteiger partial charge in [-0.3, -0.25) is 0 Å². The molecule has 2 N–H and O–H groups in total. The van der Waals surface area contributed by atoms with E-state index in [-0.39, 0.29) is 12.1 Å². The summed E-state index contributed by atoms with van der Waals surface area (Å²) < 4.78 is 10.5. The van der Waals surface area contributed by atoms with Crippen molar-refractivity contribution in [2.75, 3.05) is 27.9 Å². The first-order valence-electron chi connectivity index (χ1n) is 5.63. The van der Waals surface area contributed by atoms with Crippen LogP contribution < -0.4 is 14.8 Å². The Labute approximate surface area is 103 Å². The fourth-order valence-corrected chi connectivity index (χ4v) is 1.87. The highest BCUT2D eigenvalue weighted by molar-refractivity contribution is 5.44. The maximum absolute atomic E-state index is 9.15. The maximum Gasteiger partial charge on any atom is 0.127 e. The molecule has 0 fully saturated rings. The van der Waals surface area contributed by atoms with Gasteiger partial charge in [0.1, 0.15) is 11.5 Å². The van der Waals surface area contributed by atoms with Crippen molar-refractivity contribution >= 4 is 0 Å². The average Bonchev–Trinajstić information content (AvgIpc) is 2.38. The third kappa shape index (κ3) is 2.90. The van der Waals surface area contributed by atoms with Crippen LogP contribution in [-0.2, 0) is 5.54 Å². The zero-order valence-electron chi connectivity index (χ0n) is 10.9. The molecule has 0 aliphatic carbocycles. The Morgan fingerprint density at radius 2 is 2.00 bits per heavy atom. The molecule has 1 aromatic rings. The lowest BCUT2D eigenvalue weighted by Crippen LogP contribution is -2.38. The first-order valence-corrected chi connectivity index (χ1v) is 5.63. The van der Waals surface area contributed by atoms with E-state index in [2.05, 4.69) is 5.32 Å². The van der Waals surface area contributed by atoms with E-state index in [0.29, 0.717) is 6.42 Å². The number of hydrogen-bond acceptors (Lipinski definition) is 4. The summed E-state index contributed by atoms with van der Waals surface area (Å²) in [5, 5.41) is 12.4. The summed E-state index contributed by atoms with van der Waals surface area (Å²) >= 11 is 0. The molecule has 4 heteroatoms. The first kappa shape index (κ1) is 13.8. The highest BCUT2D eigenvalue weighted by Crippen LogP contribution is 2.34. The van der Waals surface area contributed by atoms with E-state index >= 15 is 0 Å². The minimum atomic E-state index is -0.313. The van der Waals surface area contributed by atoms with Gasteiger partial charge in [-0.1, -0.05) is 0 Å². The molecule has 0 aliphatic rings. The lowest BCUT2D eigenvalue weighted by Gasteiger charge is -2.30. The van der Waals surface area contributed by atoms with Gasteiger partial charge in [0.25, 0.3) is 0 Å². The predicted molar refractivity (Wildman–Crippen MR) is 67.7 cm³/mol. The zero-order valence-corrected chi connectivity index (χ0v) is 10.9. The molecular weight excluding hydrogens is 218 g/mol. The molecular formula is C13H21NO3. The fraction of sp³-hybridized carbons (Fsp3) is 0.538. The van der Waals surface area contributed by atoms with Crippen LogP contribution in [0.4, 0.5) is 0 Å². The second-order valence-corrected chi connectivity index (χ2v) is 4.12. The monoisotopic (exact) mass is 239 g/mol. The zero-order chi connectivity index (χ0) is 12.9. The second kappa shape index (κ2) is 5.89. The van der Waals surface area contributed by atoms with Gasteiger partial charge in [-0.15, -0.1) is 0 Å². The SMILES string of the molecule is CNC(C)(CCO)c1ccc(OC)cc1OC. The Bertz CT molecular complexity index is 368. The molecule has 1 aromatic carbocycles. The molecule has 0 saturated heterocycles. The van der Waals surface area contributed by atoms with Crippen molar-refractivity contribution in [3.8, 4) is 11.5 Å². The van der Waals surface area contributed by atoms with Crippen molar-refractivity contribution in [1.29, 1.82) is 0 Å². The molecule has 17 heavy (non-hydrogen) atoms. The van der Waals surface area contributed by atoms with Crippen LogP contribution in [0.25, 0.3) is 0 Å². The standard InChI is InChI=1S/C13H21NO3/c1-13(14-2,7-8-15)11-6-5-10(16-3)9-12(11)17-4/h5-6,9,14-15H,7-8H2,1-4H3. The molecule has 1 unspecified atom stereocenters. The van der Waals surface area contributed by atoms with Crippen LogP contribution in [0.2, 0.25) is 0 Å². The van der Waals surface area contributed by atoms with Crippen molar-refractivity contribution in [2.45, 2.75) is 18.9 Å². The lowest BCUT2D eigenvalue weighted by atomic mass is 9.88. The van der Waals surface area contributed by atoms with Gasteiger partial charge >= 0.3 is 0 Å². The minimum absolute atomic E-state index is 0.118. The number of nitrogens with one attached hydrogen (secondary N) is 1. The van der Waals surface area contributed by atoms with Gasteiger partial charge in [0.15, 0.2) is 0 Å². The quantitative estimate of drug-likeness (QED) is 0.790. The summed E-state index contributed by atoms with van der Waals surface area (Å²) in [6, 6.07) is 5.71. The van der Waals surface area contributed by atoms with Crippen molar-refractivity contribution in [2.24, 2.45) is 0 Å². The molecule has 0 radical (unpaired) electrons. The Morgan fingerprint density at radius 1 is 1.29 bits per heavy atom. The maximum atomic E-state index is 9.15. The van der Waals surface area contributed by atoms with E-state index in [9.17, 15) is 0 Å². The topological polar surface area (TPSA) is 50.7 Å². The second-order valence-electron chi connectivity index (χ2n) is 4.12. The van der Waals surface area contributed by atoms with E-state index in [1.54, 1.807) is 14.2 Å². The summed E-state index contributed by atoms with van der Waals surface area (Å²) in [7, 11) is 5.13. The third-order valence-electron chi connectivity index (χ3n) is 3.17. The smallest absolute Gasteiger partial charge is 0.127 e. The number of aliphatic hydroxyl groups is 1. The van der Waals surface area contributed by atoms with E-state index in [4.69, 9.17) is 14.6 Å². The largest absolute Gasteiger partial charge is 0.497 e. The molecule has 0 bridgehead atoms. The first-order chi connectivity index (χ1) is 8.11. The molecule has 1 rings (SSSR count). The van der Waals surface area contributed by atoms with Crippen LogP contribution in [0, 0.1) is 0 Å². The van der Waals surface area contributed by atoms with Gasteiger partial charge in [0.05, 0.1) is 14.2 Å². The van der Waals surface area contributed by atoms with Crippen LogP contribution >= 0.6 is 0 Å². The predicted octanol–water partition coefficient (Wildman–Crippen LogP) is 1.52. The summed E-state index contributed by atoms with van der Waals surface area (Å²) in [5.41, 5.74) is 0.698. The van der Waals surface area contributed by atoms with Gasteiger partial charge < -0.3 is 19.9 Å². The summed E-state index contributed by atoms with van der Waals surface area (Å²) in [5.74, 6) is 1.52. The Kier molecular flexibility index (Phi) is 4.78. The van der Waals surface area contributed by atoms with Gasteiger partial charge in [0.2, 0.25) is 0 Å². The molecule has 1 atom stereocenters. The molecule has 96 valence electrons. The van der Waals surface area contributed by atoms with Gasteiger partial charge in [-0.2, -0.15) is 0 Å². The fourth-order valence-electron chi connectivity index (χ4n) is 1.87. The third-order valence-corrected chi connectivity index (χ3v) is 3.17. The van der Waals surface area contributed by atoms with Crippen molar-refractivity contribution in [3.63, 3.8) is 0 Å². The molecule has 0 saturated carbocycles. The Hall–Kier alpha value is -1.26. The van der Waals surface area contributed by atoms with Gasteiger partial charge in [0, 0.05) is 23.8 Å². The number of methoxy groups -OCH3 is 2. The highest BCUT2D eigenvalue weighted by Gasteiger charge is 2.27. The Morgan fingerprint density at radius 3 is 2.47 bits per heavy atom. The van der Waals surface area contributed by atoms with Crippen LogP contribution in [0.5, 0.6) is 11.5 Å². The summed E-state index contributed by atoms with van der Waals surface area (Å²) in [6.45, 7) is 2.15. The number of aliphatic hydroxyl groups excluding tert-OH is 1. The van der Waals surface area contributed by atoms with Crippen LogP contribution in [0.3, 0.4) is 0 Å². The molecule has 0 heterocycles. The highest BCUT2D eigenvalue weighted by atomic mass is 16.5. The van der Waals surface area contributed by atoms with Crippen molar-refractivity contribution < 1.29 is 14.6 Å². The molecule has 0 amide bonds. The molecule has 0 aliphatic heterocycles. The number of hydrogen-bond donors (Lipinski definition) is 2. The minimum Gasteiger partial charge on any atom is -0.497 e. The normalized spacial score (nSPS) is 14.2. The van der Waals surface area contributed by atoms with Crippen molar-refractivity contribution in [1.82, 2.24) is 5.32 Å². The van der Waals surface area contributed by atoms with Crippen LogP contribution in [-0.4, -0.2) is 33.0 Å². The van der Waals surface area contributed by atoms with Gasteiger partial charge in [-0.05, 0) is 32.5 Å². The lowest BCUT2D eigenvalue weighted by molar-refractivity contribution is 0.224. The van der Waals surface area contributed by atoms with E-state index in [0.717, 1.165) is 17.1 Å². The molecule has 4 nitrogen and oxygen atoms in total. The Balaban J connectivity index is 3.19. The average molecular weight is 239 g/mol. The number of ether oxygens (including phenoxy) is 2. The summed E-state index contributed by atoms with van der Waals surface area (Å²) in [6.07, 6.45) is 0.617. The number of benzene rings is 1. The van der Waals surface area contributed by atoms with E-state index in [1.165, 1.54) is 0 Å². The van der Waals surface area contributed by atoms with Crippen molar-refractivity contribution in [3.05, 3.63) is 23.8 Å². The van der Waals surface area contributed by atoms with E-state index in [1.807, 2.05) is 32.2 Å². The molecule has 0 spiro atoms. The molecule has 0 aromatic heterocycles. The van der Waals surface area contributed by atoms with Gasteiger partial charge in [-0.25, -0.2) is 0 Å². The van der Waals surface area contributed by atoms with E-state index < -0.39 is 0 Å². The summed E-state index contributed by atoms with van der Waals surface area (Å²) in [4.78, 5) is 0. The van der Waals surface area contributed by atoms with Crippen LogP contribution in [0.15, 0.2) is 18.2 Å². The number of rotatable bonds is 6. The van der Waals surface area contributed by atoms with Crippen LogP contribution in [0.1, 0.15) is 18.9 Å².